The van der Waals surface area contributed by atoms with E-state index in [0.717, 1.165) is 42.1 Å². The number of hydrogen-bond donors (Lipinski definition) is 1. The number of benzene rings is 1. The molecule has 2 rings (SSSR count). The van der Waals surface area contributed by atoms with Gasteiger partial charge in [-0.3, -0.25) is 0 Å². The lowest BCUT2D eigenvalue weighted by Gasteiger charge is -2.18. The highest BCUT2D eigenvalue weighted by Crippen LogP contribution is 2.33. The van der Waals surface area contributed by atoms with Gasteiger partial charge in [-0.05, 0) is 24.5 Å². The summed E-state index contributed by atoms with van der Waals surface area (Å²) < 4.78 is 14.4. The van der Waals surface area contributed by atoms with E-state index in [1.807, 2.05) is 18.2 Å². The molecule has 0 amide bonds. The topological polar surface area (TPSA) is 29.5 Å². The van der Waals surface area contributed by atoms with E-state index in [1.54, 1.807) is 0 Å². The molecule has 0 atom stereocenters. The number of aryl methyl sites for hydroxylation is 1. The van der Waals surface area contributed by atoms with Gasteiger partial charge in [-0.2, -0.15) is 0 Å². The Balaban J connectivity index is 2.44. The summed E-state index contributed by atoms with van der Waals surface area (Å²) in [6.07, 6.45) is 2.14. The summed E-state index contributed by atoms with van der Waals surface area (Å²) in [6.45, 7) is 0.768. The van der Waals surface area contributed by atoms with Crippen LogP contribution < -0.4 is 4.74 Å². The van der Waals surface area contributed by atoms with Crippen LogP contribution in [-0.2, 0) is 6.42 Å². The predicted octanol–water partition coefficient (Wildman–Crippen LogP) is 2.58. The largest absolute Gasteiger partial charge is 0.492 e. The number of fused-ring (bicyclic) bond motifs is 1. The molecule has 0 aliphatic carbocycles. The average Bonchev–Trinajstić information content (AvgIpc) is 2.17. The fraction of sp³-hybridized carbons (Fsp3) is 0.333. The third-order valence-corrected chi connectivity index (χ3v) is 2.51. The SMILES string of the molecule is OSc1cccc2c1OCCC2. The first-order valence-corrected chi connectivity index (χ1v) is 4.75. The van der Waals surface area contributed by atoms with E-state index in [9.17, 15) is 0 Å². The van der Waals surface area contributed by atoms with Crippen molar-refractivity contribution in [1.29, 1.82) is 0 Å². The summed E-state index contributed by atoms with van der Waals surface area (Å²) in [5.74, 6) is 0.872. The van der Waals surface area contributed by atoms with Crippen LogP contribution in [0.15, 0.2) is 23.1 Å². The lowest BCUT2D eigenvalue weighted by molar-refractivity contribution is 0.281. The molecule has 1 N–H and O–H groups in total. The molecule has 0 bridgehead atoms. The zero-order valence-electron chi connectivity index (χ0n) is 6.62. The standard InChI is InChI=1S/C9H10O2S/c10-12-8-5-1-3-7-4-2-6-11-9(7)8/h1,3,5,10H,2,4,6H2. The van der Waals surface area contributed by atoms with Crippen molar-refractivity contribution in [2.45, 2.75) is 17.7 Å². The zero-order chi connectivity index (χ0) is 8.39. The quantitative estimate of drug-likeness (QED) is 0.677. The van der Waals surface area contributed by atoms with Crippen LogP contribution in [0.3, 0.4) is 0 Å². The maximum Gasteiger partial charge on any atom is 0.138 e. The Morgan fingerprint density at radius 1 is 1.42 bits per heavy atom. The monoisotopic (exact) mass is 182 g/mol. The molecule has 3 heteroatoms. The Labute approximate surface area is 75.8 Å². The molecule has 1 aromatic rings. The fourth-order valence-corrected chi connectivity index (χ4v) is 1.84. The molecule has 0 saturated heterocycles. The normalized spacial score (nSPS) is 15.1. The van der Waals surface area contributed by atoms with Gasteiger partial charge in [0.1, 0.15) is 5.75 Å². The van der Waals surface area contributed by atoms with Crippen LogP contribution in [0.5, 0.6) is 5.75 Å². The van der Waals surface area contributed by atoms with Crippen LogP contribution in [0, 0.1) is 0 Å². The van der Waals surface area contributed by atoms with Gasteiger partial charge < -0.3 is 9.29 Å². The molecule has 1 aliphatic rings. The van der Waals surface area contributed by atoms with Gasteiger partial charge >= 0.3 is 0 Å². The van der Waals surface area contributed by atoms with Gasteiger partial charge in [0, 0.05) is 12.0 Å². The molecule has 1 aliphatic heterocycles. The fourth-order valence-electron chi connectivity index (χ4n) is 1.43. The third-order valence-electron chi connectivity index (χ3n) is 2.00. The molecular formula is C9H10O2S. The lowest BCUT2D eigenvalue weighted by Crippen LogP contribution is -2.08. The zero-order valence-corrected chi connectivity index (χ0v) is 7.43. The second-order valence-electron chi connectivity index (χ2n) is 2.79. The Kier molecular flexibility index (Phi) is 2.23. The molecule has 0 aromatic heterocycles. The number of rotatable bonds is 1. The first kappa shape index (κ1) is 7.95. The maximum absolute atomic E-state index is 8.93. The number of hydrogen-bond acceptors (Lipinski definition) is 3. The van der Waals surface area contributed by atoms with E-state index in [4.69, 9.17) is 9.29 Å². The van der Waals surface area contributed by atoms with E-state index < -0.39 is 0 Å². The average molecular weight is 182 g/mol. The molecule has 0 spiro atoms. The van der Waals surface area contributed by atoms with Gasteiger partial charge in [-0.25, -0.2) is 0 Å². The molecule has 0 radical (unpaired) electrons. The molecule has 64 valence electrons. The summed E-state index contributed by atoms with van der Waals surface area (Å²) in [5.41, 5.74) is 1.21. The third kappa shape index (κ3) is 1.30. The van der Waals surface area contributed by atoms with Crippen LogP contribution >= 0.6 is 12.0 Å². The molecule has 12 heavy (non-hydrogen) atoms. The maximum atomic E-state index is 8.93. The van der Waals surface area contributed by atoms with Crippen LogP contribution in [0.25, 0.3) is 0 Å². The predicted molar refractivity (Wildman–Crippen MR) is 48.7 cm³/mol. The first-order chi connectivity index (χ1) is 5.92. The molecular weight excluding hydrogens is 172 g/mol. The van der Waals surface area contributed by atoms with E-state index in [0.29, 0.717) is 0 Å². The Hall–Kier alpha value is -0.670. The van der Waals surface area contributed by atoms with Gasteiger partial charge in [0.05, 0.1) is 11.5 Å². The minimum absolute atomic E-state index is 0.758. The van der Waals surface area contributed by atoms with E-state index in [1.165, 1.54) is 5.56 Å². The van der Waals surface area contributed by atoms with Crippen LogP contribution in [-0.4, -0.2) is 11.2 Å². The molecule has 2 nitrogen and oxygen atoms in total. The first-order valence-electron chi connectivity index (χ1n) is 3.98. The lowest BCUT2D eigenvalue weighted by atomic mass is 10.1. The highest BCUT2D eigenvalue weighted by molar-refractivity contribution is 7.93. The molecule has 0 saturated carbocycles. The summed E-state index contributed by atoms with van der Waals surface area (Å²) in [6, 6.07) is 5.87. The van der Waals surface area contributed by atoms with Gasteiger partial charge in [-0.1, -0.05) is 12.1 Å². The highest BCUT2D eigenvalue weighted by Gasteiger charge is 2.13. The van der Waals surface area contributed by atoms with Gasteiger partial charge in [0.15, 0.2) is 0 Å². The molecule has 0 fully saturated rings. The second-order valence-corrected chi connectivity index (χ2v) is 3.41. The van der Waals surface area contributed by atoms with Crippen molar-refractivity contribution in [3.63, 3.8) is 0 Å². The number of ether oxygens (including phenoxy) is 1. The van der Waals surface area contributed by atoms with Crippen molar-refractivity contribution in [3.8, 4) is 5.75 Å². The van der Waals surface area contributed by atoms with E-state index in [-0.39, 0.29) is 0 Å². The van der Waals surface area contributed by atoms with Gasteiger partial charge in [0.25, 0.3) is 0 Å². The van der Waals surface area contributed by atoms with Crippen LogP contribution in [0.1, 0.15) is 12.0 Å². The van der Waals surface area contributed by atoms with Gasteiger partial charge in [-0.15, -0.1) is 0 Å². The van der Waals surface area contributed by atoms with Crippen molar-refractivity contribution >= 4 is 12.0 Å². The van der Waals surface area contributed by atoms with Gasteiger partial charge in [0.2, 0.25) is 0 Å². The number of para-hydroxylation sites is 1. The van der Waals surface area contributed by atoms with Crippen molar-refractivity contribution in [2.24, 2.45) is 0 Å². The highest BCUT2D eigenvalue weighted by atomic mass is 32.2. The van der Waals surface area contributed by atoms with E-state index in [2.05, 4.69) is 0 Å². The van der Waals surface area contributed by atoms with E-state index >= 15 is 0 Å². The van der Waals surface area contributed by atoms with Crippen molar-refractivity contribution in [3.05, 3.63) is 23.8 Å². The second kappa shape index (κ2) is 3.37. The Morgan fingerprint density at radius 2 is 2.33 bits per heavy atom. The minimum Gasteiger partial charge on any atom is -0.492 e. The summed E-state index contributed by atoms with van der Waals surface area (Å²) >= 11 is 0.758. The van der Waals surface area contributed by atoms with Crippen molar-refractivity contribution in [2.75, 3.05) is 6.61 Å². The Bertz CT molecular complexity index is 272. The summed E-state index contributed by atoms with van der Waals surface area (Å²) in [4.78, 5) is 0.826. The van der Waals surface area contributed by atoms with Crippen molar-refractivity contribution < 1.29 is 9.29 Å². The summed E-state index contributed by atoms with van der Waals surface area (Å²) in [7, 11) is 0. The summed E-state index contributed by atoms with van der Waals surface area (Å²) in [5, 5.41) is 0. The molecule has 1 heterocycles. The van der Waals surface area contributed by atoms with Crippen LogP contribution in [0.2, 0.25) is 0 Å². The smallest absolute Gasteiger partial charge is 0.138 e. The minimum atomic E-state index is 0.758. The van der Waals surface area contributed by atoms with Crippen molar-refractivity contribution in [1.82, 2.24) is 0 Å². The van der Waals surface area contributed by atoms with Crippen LogP contribution in [0.4, 0.5) is 0 Å². The molecule has 1 aromatic carbocycles. The molecule has 0 unspecified atom stereocenters. The Morgan fingerprint density at radius 3 is 3.17 bits per heavy atom.